The molecule has 18 heavy (non-hydrogen) atoms. The van der Waals surface area contributed by atoms with Crippen LogP contribution in [0.1, 0.15) is 25.8 Å². The molecule has 1 unspecified atom stereocenters. The molecule has 2 nitrogen and oxygen atoms in total. The highest BCUT2D eigenvalue weighted by Gasteiger charge is 2.15. The van der Waals surface area contributed by atoms with Crippen LogP contribution in [0.4, 0.5) is 4.39 Å². The van der Waals surface area contributed by atoms with Gasteiger partial charge in [-0.15, -0.1) is 0 Å². The molecule has 0 fully saturated rings. The van der Waals surface area contributed by atoms with Gasteiger partial charge in [0.05, 0.1) is 5.52 Å². The summed E-state index contributed by atoms with van der Waals surface area (Å²) in [7, 11) is 2.13. The molecule has 1 atom stereocenters. The van der Waals surface area contributed by atoms with Crippen LogP contribution in [0.25, 0.3) is 5.52 Å². The molecular weight excluding hydrogens is 227 g/mol. The number of likely N-dealkylation sites (N-methyl/N-ethyl adjacent to an activating group) is 1. The molecule has 0 aliphatic heterocycles. The van der Waals surface area contributed by atoms with Crippen molar-refractivity contribution in [3.8, 4) is 0 Å². The SMILES string of the molecule is CCC(Cc1ccn2cccc(F)c12)N(C)CC. The van der Waals surface area contributed by atoms with Gasteiger partial charge in [-0.3, -0.25) is 0 Å². The summed E-state index contributed by atoms with van der Waals surface area (Å²) < 4.78 is 15.7. The number of pyridine rings is 1. The van der Waals surface area contributed by atoms with E-state index in [1.54, 1.807) is 6.07 Å². The molecular formula is C15H21FN2. The maximum atomic E-state index is 13.9. The largest absolute Gasteiger partial charge is 0.321 e. The van der Waals surface area contributed by atoms with Gasteiger partial charge in [0.15, 0.2) is 0 Å². The highest BCUT2D eigenvalue weighted by molar-refractivity contribution is 5.57. The zero-order chi connectivity index (χ0) is 13.1. The van der Waals surface area contributed by atoms with E-state index < -0.39 is 0 Å². The number of nitrogens with zero attached hydrogens (tertiary/aromatic N) is 2. The van der Waals surface area contributed by atoms with Crippen LogP contribution < -0.4 is 0 Å². The van der Waals surface area contributed by atoms with Gasteiger partial charge in [-0.05, 0) is 50.2 Å². The first-order valence-electron chi connectivity index (χ1n) is 6.61. The molecule has 0 aromatic carbocycles. The molecule has 0 aliphatic rings. The van der Waals surface area contributed by atoms with Crippen LogP contribution in [0.2, 0.25) is 0 Å². The zero-order valence-electron chi connectivity index (χ0n) is 11.4. The van der Waals surface area contributed by atoms with Crippen molar-refractivity contribution in [2.45, 2.75) is 32.7 Å². The van der Waals surface area contributed by atoms with Gasteiger partial charge in [0.25, 0.3) is 0 Å². The predicted octanol–water partition coefficient (Wildman–Crippen LogP) is 3.35. The lowest BCUT2D eigenvalue weighted by atomic mass is 10.0. The van der Waals surface area contributed by atoms with Crippen LogP contribution in [0.5, 0.6) is 0 Å². The van der Waals surface area contributed by atoms with Crippen molar-refractivity contribution < 1.29 is 4.39 Å². The summed E-state index contributed by atoms with van der Waals surface area (Å²) in [5.74, 6) is -0.133. The van der Waals surface area contributed by atoms with Gasteiger partial charge in [0.1, 0.15) is 5.82 Å². The second-order valence-corrected chi connectivity index (χ2v) is 4.79. The minimum atomic E-state index is -0.133. The minimum Gasteiger partial charge on any atom is -0.321 e. The summed E-state index contributed by atoms with van der Waals surface area (Å²) in [6.07, 6.45) is 5.81. The fourth-order valence-corrected chi connectivity index (χ4v) is 2.48. The first-order valence-corrected chi connectivity index (χ1v) is 6.61. The van der Waals surface area contributed by atoms with Crippen molar-refractivity contribution >= 4 is 5.52 Å². The number of hydrogen-bond donors (Lipinski definition) is 0. The quantitative estimate of drug-likeness (QED) is 0.787. The highest BCUT2D eigenvalue weighted by Crippen LogP contribution is 2.20. The van der Waals surface area contributed by atoms with E-state index in [0.29, 0.717) is 6.04 Å². The van der Waals surface area contributed by atoms with Gasteiger partial charge in [-0.25, -0.2) is 4.39 Å². The average molecular weight is 248 g/mol. The number of aromatic nitrogens is 1. The van der Waals surface area contributed by atoms with Gasteiger partial charge in [-0.2, -0.15) is 0 Å². The third-order valence-electron chi connectivity index (χ3n) is 3.76. The van der Waals surface area contributed by atoms with Crippen molar-refractivity contribution in [2.24, 2.45) is 0 Å². The third-order valence-corrected chi connectivity index (χ3v) is 3.76. The summed E-state index contributed by atoms with van der Waals surface area (Å²) in [6, 6.07) is 5.77. The van der Waals surface area contributed by atoms with Crippen LogP contribution in [0.15, 0.2) is 30.6 Å². The van der Waals surface area contributed by atoms with Crippen LogP contribution in [-0.4, -0.2) is 28.9 Å². The predicted molar refractivity (Wildman–Crippen MR) is 73.4 cm³/mol. The van der Waals surface area contributed by atoms with E-state index in [9.17, 15) is 4.39 Å². The normalized spacial score (nSPS) is 13.4. The van der Waals surface area contributed by atoms with Crippen LogP contribution in [0, 0.1) is 5.82 Å². The lowest BCUT2D eigenvalue weighted by Gasteiger charge is -2.25. The summed E-state index contributed by atoms with van der Waals surface area (Å²) in [5, 5.41) is 0. The maximum absolute atomic E-state index is 13.9. The summed E-state index contributed by atoms with van der Waals surface area (Å²) >= 11 is 0. The molecule has 0 saturated heterocycles. The number of rotatable bonds is 5. The fraction of sp³-hybridized carbons (Fsp3) is 0.467. The summed E-state index contributed by atoms with van der Waals surface area (Å²) in [4.78, 5) is 2.32. The average Bonchev–Trinajstić information content (AvgIpc) is 2.79. The van der Waals surface area contributed by atoms with Crippen molar-refractivity contribution in [3.05, 3.63) is 42.0 Å². The summed E-state index contributed by atoms with van der Waals surface area (Å²) in [6.45, 7) is 5.36. The Morgan fingerprint density at radius 3 is 2.72 bits per heavy atom. The minimum absolute atomic E-state index is 0.133. The topological polar surface area (TPSA) is 7.65 Å². The highest BCUT2D eigenvalue weighted by atomic mass is 19.1. The van der Waals surface area contributed by atoms with Gasteiger partial charge in [0.2, 0.25) is 0 Å². The standard InChI is InChI=1S/C15H21FN2/c1-4-13(17(3)5-2)11-12-8-10-18-9-6-7-14(16)15(12)18/h6-10,13H,4-5,11H2,1-3H3. The molecule has 0 bridgehead atoms. The number of fused-ring (bicyclic) bond motifs is 1. The van der Waals surface area contributed by atoms with Crippen LogP contribution in [0.3, 0.4) is 0 Å². The Morgan fingerprint density at radius 1 is 1.28 bits per heavy atom. The first-order chi connectivity index (χ1) is 8.67. The smallest absolute Gasteiger partial charge is 0.147 e. The lowest BCUT2D eigenvalue weighted by molar-refractivity contribution is 0.246. The van der Waals surface area contributed by atoms with E-state index in [4.69, 9.17) is 0 Å². The Kier molecular flexibility index (Phi) is 4.02. The molecule has 98 valence electrons. The molecule has 0 saturated carbocycles. The van der Waals surface area contributed by atoms with Gasteiger partial charge >= 0.3 is 0 Å². The Bertz CT molecular complexity index is 518. The van der Waals surface area contributed by atoms with Crippen molar-refractivity contribution in [1.82, 2.24) is 9.30 Å². The van der Waals surface area contributed by atoms with E-state index in [0.717, 1.165) is 30.5 Å². The third kappa shape index (κ3) is 2.41. The van der Waals surface area contributed by atoms with Crippen LogP contribution >= 0.6 is 0 Å². The van der Waals surface area contributed by atoms with Crippen LogP contribution in [-0.2, 0) is 6.42 Å². The van der Waals surface area contributed by atoms with E-state index in [1.165, 1.54) is 6.07 Å². The molecule has 0 radical (unpaired) electrons. The zero-order valence-corrected chi connectivity index (χ0v) is 11.4. The summed E-state index contributed by atoms with van der Waals surface area (Å²) in [5.41, 5.74) is 1.82. The Hall–Kier alpha value is -1.35. The monoisotopic (exact) mass is 248 g/mol. The first kappa shape index (κ1) is 13.1. The molecule has 0 N–H and O–H groups in total. The number of halogens is 1. The Balaban J connectivity index is 2.31. The second kappa shape index (κ2) is 5.53. The van der Waals surface area contributed by atoms with E-state index >= 15 is 0 Å². The van der Waals surface area contributed by atoms with Crippen molar-refractivity contribution in [2.75, 3.05) is 13.6 Å². The molecule has 2 heterocycles. The second-order valence-electron chi connectivity index (χ2n) is 4.79. The van der Waals surface area contributed by atoms with Gasteiger partial charge in [-0.1, -0.05) is 13.8 Å². The molecule has 0 spiro atoms. The Labute approximate surface area is 108 Å². The van der Waals surface area contributed by atoms with E-state index in [1.807, 2.05) is 22.9 Å². The van der Waals surface area contributed by atoms with E-state index in [2.05, 4.69) is 25.8 Å². The molecule has 0 aliphatic carbocycles. The lowest BCUT2D eigenvalue weighted by Crippen LogP contribution is -2.32. The van der Waals surface area contributed by atoms with Gasteiger partial charge < -0.3 is 9.30 Å². The molecule has 2 aromatic heterocycles. The van der Waals surface area contributed by atoms with Crippen molar-refractivity contribution in [1.29, 1.82) is 0 Å². The molecule has 3 heteroatoms. The molecule has 0 amide bonds. The van der Waals surface area contributed by atoms with Gasteiger partial charge in [0, 0.05) is 18.4 Å². The van der Waals surface area contributed by atoms with E-state index in [-0.39, 0.29) is 5.82 Å². The molecule has 2 rings (SSSR count). The van der Waals surface area contributed by atoms with Crippen molar-refractivity contribution in [3.63, 3.8) is 0 Å². The number of hydrogen-bond acceptors (Lipinski definition) is 1. The maximum Gasteiger partial charge on any atom is 0.147 e. The Morgan fingerprint density at radius 2 is 2.06 bits per heavy atom. The fourth-order valence-electron chi connectivity index (χ4n) is 2.48. The molecule has 2 aromatic rings.